The van der Waals surface area contributed by atoms with Crippen LogP contribution in [0.2, 0.25) is 0 Å². The second-order valence-corrected chi connectivity index (χ2v) is 12.1. The first kappa shape index (κ1) is 39.4. The van der Waals surface area contributed by atoms with E-state index >= 15 is 0 Å². The molecule has 0 bridgehead atoms. The van der Waals surface area contributed by atoms with Crippen LogP contribution in [0.3, 0.4) is 0 Å². The van der Waals surface area contributed by atoms with Crippen molar-refractivity contribution in [2.45, 2.75) is 34.6 Å². The van der Waals surface area contributed by atoms with Crippen molar-refractivity contribution in [3.63, 3.8) is 0 Å². The van der Waals surface area contributed by atoms with Gasteiger partial charge >= 0.3 is 81.1 Å². The molecule has 0 heterocycles. The predicted octanol–water partition coefficient (Wildman–Crippen LogP) is 9.88. The van der Waals surface area contributed by atoms with Crippen molar-refractivity contribution < 1.29 is 35.8 Å². The summed E-state index contributed by atoms with van der Waals surface area (Å²) in [5, 5.41) is 30.8. The summed E-state index contributed by atoms with van der Waals surface area (Å²) in [5.74, 6) is 0.215. The van der Waals surface area contributed by atoms with Gasteiger partial charge in [0.15, 0.2) is 0 Å². The Balaban J connectivity index is 0.000000219. The van der Waals surface area contributed by atoms with Crippen LogP contribution < -0.4 is 15.3 Å². The van der Waals surface area contributed by atoms with Gasteiger partial charge in [0, 0.05) is 0 Å². The van der Waals surface area contributed by atoms with E-state index in [1.165, 1.54) is 68.1 Å². The van der Waals surface area contributed by atoms with E-state index in [1.54, 1.807) is 36.4 Å². The van der Waals surface area contributed by atoms with Gasteiger partial charge in [0.1, 0.15) is 0 Å². The zero-order chi connectivity index (χ0) is 35.2. The van der Waals surface area contributed by atoms with E-state index in [2.05, 4.69) is 104 Å². The van der Waals surface area contributed by atoms with Crippen molar-refractivity contribution in [3.8, 4) is 17.2 Å². The third kappa shape index (κ3) is 15.2. The quantitative estimate of drug-likeness (QED) is 0.142. The maximum absolute atomic E-state index is 10.3. The van der Waals surface area contributed by atoms with E-state index < -0.39 is 0 Å². The summed E-state index contributed by atoms with van der Waals surface area (Å²) in [5.41, 5.74) is 7.28. The van der Waals surface area contributed by atoms with E-state index in [0.717, 1.165) is 0 Å². The minimum Gasteiger partial charge on any atom is -0.872 e. The van der Waals surface area contributed by atoms with E-state index in [-0.39, 0.29) is 17.2 Å². The van der Waals surface area contributed by atoms with Crippen LogP contribution >= 0.6 is 0 Å². The fourth-order valence-corrected chi connectivity index (χ4v) is 4.90. The molecule has 0 spiro atoms. The Kier molecular flexibility index (Phi) is 17.9. The molecule has 5 aromatic carbocycles. The molecule has 4 heteroatoms. The molecule has 0 fully saturated rings. The topological polar surface area (TPSA) is 69.2 Å². The zero-order valence-electron chi connectivity index (χ0n) is 28.5. The predicted molar refractivity (Wildman–Crippen MR) is 193 cm³/mol. The third-order valence-corrected chi connectivity index (χ3v) is 9.14. The van der Waals surface area contributed by atoms with Gasteiger partial charge < -0.3 is 15.3 Å². The van der Waals surface area contributed by atoms with Gasteiger partial charge in [-0.05, 0) is 11.1 Å². The van der Waals surface area contributed by atoms with Gasteiger partial charge in [0.25, 0.3) is 0 Å². The maximum Gasteiger partial charge on any atom is -0.0623 e. The second-order valence-electron chi connectivity index (χ2n) is 11.4. The Labute approximate surface area is 299 Å². The Morgan fingerprint density at radius 2 is 0.708 bits per heavy atom. The summed E-state index contributed by atoms with van der Waals surface area (Å²) < 4.78 is 1.53. The first-order valence-corrected chi connectivity index (χ1v) is 16.5. The van der Waals surface area contributed by atoms with Gasteiger partial charge in [-0.15, -0.1) is 17.2 Å². The Bertz CT molecular complexity index is 1540. The Hall–Kier alpha value is -4.83. The molecule has 48 heavy (non-hydrogen) atoms. The van der Waals surface area contributed by atoms with E-state index in [1.807, 2.05) is 54.6 Å². The van der Waals surface area contributed by atoms with Gasteiger partial charge in [-0.25, -0.2) is 0 Å². The molecule has 242 valence electrons. The third-order valence-electron chi connectivity index (χ3n) is 7.58. The zero-order valence-corrected chi connectivity index (χ0v) is 30.0. The fraction of sp³-hybridized carbons (Fsp3) is 0.136. The second kappa shape index (κ2) is 21.9. The van der Waals surface area contributed by atoms with Crippen LogP contribution in [0.25, 0.3) is 12.2 Å². The number of hydrogen-bond donors (Lipinski definition) is 0. The molecule has 0 saturated heterocycles. The van der Waals surface area contributed by atoms with Crippen LogP contribution in [0.5, 0.6) is 17.2 Å². The average Bonchev–Trinajstić information content (AvgIpc) is 3.24. The summed E-state index contributed by atoms with van der Waals surface area (Å²) in [6, 6.07) is 45.6. The molecular weight excluding hydrogens is 624 g/mol. The van der Waals surface area contributed by atoms with Crippen LogP contribution in [0.1, 0.15) is 45.7 Å². The van der Waals surface area contributed by atoms with Crippen molar-refractivity contribution >= 4 is 12.2 Å². The molecule has 6 rings (SSSR count). The standard InChI is InChI=1S/C16H14.C10H15.3C6H6O.Ti/c1-3-9-15(10-4-1)13-7-8-14-16-11-5-2-6-12-16;1-7-6-10(4,5)9(3)8(7)2;3*7-6-4-2-1-3-5-6;/h1-14H;1-5H3;3*1-5,7H;/q;;;;;+3/p-3. The first-order chi connectivity index (χ1) is 23.0. The molecular formula is C44H44O3Ti. The van der Waals surface area contributed by atoms with Crippen molar-refractivity contribution in [1.82, 2.24) is 0 Å². The first-order valence-electron chi connectivity index (χ1n) is 15.7. The van der Waals surface area contributed by atoms with Gasteiger partial charge in [0.05, 0.1) is 0 Å². The molecule has 0 aromatic heterocycles. The van der Waals surface area contributed by atoms with Crippen molar-refractivity contribution in [1.29, 1.82) is 0 Å². The Morgan fingerprint density at radius 1 is 0.438 bits per heavy atom. The molecule has 0 atom stereocenters. The number of allylic oxidation sites excluding steroid dienone is 6. The molecule has 0 unspecified atom stereocenters. The molecule has 5 aromatic rings. The maximum atomic E-state index is 10.3. The smallest absolute Gasteiger partial charge is 0.0623 e. The largest absolute Gasteiger partial charge is 0.872 e. The minimum absolute atomic E-state index is 0.0718. The number of hydrogen-bond acceptors (Lipinski definition) is 3. The van der Waals surface area contributed by atoms with Crippen molar-refractivity contribution in [3.05, 3.63) is 196 Å². The van der Waals surface area contributed by atoms with Gasteiger partial charge in [0.2, 0.25) is 0 Å². The van der Waals surface area contributed by atoms with Crippen molar-refractivity contribution in [2.75, 3.05) is 0 Å². The van der Waals surface area contributed by atoms with Crippen LogP contribution in [0.15, 0.2) is 184 Å². The summed E-state index contributed by atoms with van der Waals surface area (Å²) in [4.78, 5) is 0. The molecule has 1 aliphatic rings. The van der Waals surface area contributed by atoms with E-state index in [0.29, 0.717) is 5.41 Å². The molecule has 0 aliphatic heterocycles. The van der Waals surface area contributed by atoms with E-state index in [4.69, 9.17) is 0 Å². The summed E-state index contributed by atoms with van der Waals surface area (Å²) in [6.45, 7) is 11.3. The fourth-order valence-electron chi connectivity index (χ4n) is 4.32. The average molecular weight is 669 g/mol. The summed E-state index contributed by atoms with van der Waals surface area (Å²) >= 11 is 2.25. The SMILES string of the molecule is C(C=Cc1ccccc1)=Cc1ccccc1.CC1=C(C)C(C)(C)[C]([Ti+3])=C1C.[O-]c1ccccc1.[O-]c1ccccc1.[O-]c1ccccc1. The molecule has 0 saturated carbocycles. The summed E-state index contributed by atoms with van der Waals surface area (Å²) in [7, 11) is 0. The van der Waals surface area contributed by atoms with Gasteiger partial charge in [-0.1, -0.05) is 176 Å². The van der Waals surface area contributed by atoms with Crippen LogP contribution in [0.4, 0.5) is 0 Å². The van der Waals surface area contributed by atoms with Gasteiger partial charge in [-0.3, -0.25) is 0 Å². The summed E-state index contributed by atoms with van der Waals surface area (Å²) in [6.07, 6.45) is 8.31. The molecule has 0 amide bonds. The molecule has 1 aliphatic carbocycles. The monoisotopic (exact) mass is 668 g/mol. The van der Waals surface area contributed by atoms with Crippen molar-refractivity contribution in [2.24, 2.45) is 5.41 Å². The van der Waals surface area contributed by atoms with E-state index in [9.17, 15) is 15.3 Å². The molecule has 3 nitrogen and oxygen atoms in total. The normalized spacial score (nSPS) is 12.9. The number of rotatable bonds is 3. The number of para-hydroxylation sites is 3. The van der Waals surface area contributed by atoms with Crippen LogP contribution in [-0.4, -0.2) is 0 Å². The molecule has 0 radical (unpaired) electrons. The number of benzene rings is 5. The minimum atomic E-state index is 0.0718. The van der Waals surface area contributed by atoms with Gasteiger partial charge in [-0.2, -0.15) is 0 Å². The Morgan fingerprint density at radius 3 is 0.875 bits per heavy atom. The molecule has 0 N–H and O–H groups in total. The van der Waals surface area contributed by atoms with Crippen LogP contribution in [-0.2, 0) is 20.4 Å². The van der Waals surface area contributed by atoms with Crippen LogP contribution in [0, 0.1) is 5.41 Å².